The molecule has 0 spiro atoms. The number of halogens is 3. The number of hydrogen-bond donors (Lipinski definition) is 0. The minimum absolute atomic E-state index is 0. The van der Waals surface area contributed by atoms with Crippen molar-refractivity contribution < 1.29 is 45.9 Å². The van der Waals surface area contributed by atoms with Gasteiger partial charge in [0.15, 0.2) is 11.2 Å². The number of allylic oxidation sites excluding steroid dienone is 3. The van der Waals surface area contributed by atoms with Crippen molar-refractivity contribution in [2.45, 2.75) is 26.9 Å². The molecule has 25 heavy (non-hydrogen) atoms. The van der Waals surface area contributed by atoms with Crippen LogP contribution < -0.4 is 16.2 Å². The Morgan fingerprint density at radius 3 is 2.40 bits per heavy atom. The normalized spacial score (nSPS) is 12.9. The molecule has 0 unspecified atom stereocenters. The average molecular weight is 445 g/mol. The van der Waals surface area contributed by atoms with Gasteiger partial charge in [-0.3, -0.25) is 9.59 Å². The van der Waals surface area contributed by atoms with E-state index in [0.29, 0.717) is 16.2 Å². The Morgan fingerprint density at radius 2 is 1.96 bits per heavy atom. The van der Waals surface area contributed by atoms with Gasteiger partial charge in [-0.1, -0.05) is 6.08 Å². The smallest absolute Gasteiger partial charge is 0.396 e. The van der Waals surface area contributed by atoms with Crippen molar-refractivity contribution >= 4 is 23.3 Å². The molecule has 2 rings (SSSR count). The second-order valence-corrected chi connectivity index (χ2v) is 5.80. The third kappa shape index (κ3) is 5.09. The van der Waals surface area contributed by atoms with E-state index in [4.69, 9.17) is 0 Å². The first-order chi connectivity index (χ1) is 11.1. The largest absolute Gasteiger partial charge is 0.412 e. The number of rotatable bonds is 3. The molecule has 0 aromatic carbocycles. The fourth-order valence-electron chi connectivity index (χ4n) is 2.10. The maximum atomic E-state index is 12.6. The van der Waals surface area contributed by atoms with Gasteiger partial charge in [0.05, 0.1) is 5.69 Å². The molecule has 0 aliphatic carbocycles. The first-order valence-corrected chi connectivity index (χ1v) is 7.58. The maximum absolute atomic E-state index is 12.6. The van der Waals surface area contributed by atoms with Crippen molar-refractivity contribution in [3.05, 3.63) is 60.9 Å². The molecule has 131 valence electrons. The van der Waals surface area contributed by atoms with E-state index >= 15 is 0 Å². The molecule has 0 N–H and O–H groups in total. The molecule has 0 amide bonds. The van der Waals surface area contributed by atoms with Crippen LogP contribution in [0.5, 0.6) is 0 Å². The number of nitrogens with zero attached hydrogens (tertiary/aromatic N) is 3. The third-order valence-corrected chi connectivity index (χ3v) is 3.93. The Morgan fingerprint density at radius 1 is 1.32 bits per heavy atom. The van der Waals surface area contributed by atoms with Crippen LogP contribution in [-0.4, -0.2) is 8.94 Å². The van der Waals surface area contributed by atoms with Gasteiger partial charge in [-0.15, -0.1) is 0 Å². The molecule has 0 saturated heterocycles. The van der Waals surface area contributed by atoms with Crippen LogP contribution >= 0.6 is 11.5 Å². The van der Waals surface area contributed by atoms with Crippen LogP contribution in [0.4, 0.5) is 13.2 Å². The zero-order chi connectivity index (χ0) is 18.1. The fourth-order valence-corrected chi connectivity index (χ4v) is 2.85. The summed E-state index contributed by atoms with van der Waals surface area (Å²) in [6.45, 7) is 5.04. The quantitative estimate of drug-likeness (QED) is 0.682. The molecule has 1 radical (unpaired) electrons. The predicted molar refractivity (Wildman–Crippen MR) is 85.7 cm³/mol. The molecular weight excluding hydrogens is 432 g/mol. The molecule has 2 aromatic rings. The standard InChI is InChI=1S/C15H14F3N3O2S.Y/c1-4-11(8(2)5-10-6-9(3)20-24-10)21-13(22)7-12(15(16,17)18)19-14(21)23;/h4-7H,1-3H3,(H,19,22,23);/p-1/b8-5-,11-4+;. The van der Waals surface area contributed by atoms with Crippen LogP contribution in [0.25, 0.3) is 11.8 Å². The SMILES string of the molecule is C/C=C(\C(C)=C/c1cc(C)ns1)n1c(=O)cc(C(F)(F)F)[n-]c1=O.[Y]. The van der Waals surface area contributed by atoms with Crippen LogP contribution in [0.2, 0.25) is 0 Å². The third-order valence-electron chi connectivity index (χ3n) is 3.10. The van der Waals surface area contributed by atoms with Gasteiger partial charge in [0, 0.05) is 43.3 Å². The van der Waals surface area contributed by atoms with Crippen LogP contribution in [0.3, 0.4) is 0 Å². The van der Waals surface area contributed by atoms with E-state index in [-0.39, 0.29) is 38.4 Å². The van der Waals surface area contributed by atoms with Crippen molar-refractivity contribution in [1.29, 1.82) is 0 Å². The Balaban J connectivity index is 0.00000312. The van der Waals surface area contributed by atoms with Gasteiger partial charge >= 0.3 is 6.18 Å². The summed E-state index contributed by atoms with van der Waals surface area (Å²) in [5.41, 5.74) is -2.32. The van der Waals surface area contributed by atoms with E-state index in [0.717, 1.165) is 10.6 Å². The Bertz CT molecular complexity index is 907. The second-order valence-electron chi connectivity index (χ2n) is 4.97. The van der Waals surface area contributed by atoms with E-state index in [9.17, 15) is 22.8 Å². The van der Waals surface area contributed by atoms with Crippen LogP contribution in [0.1, 0.15) is 30.1 Å². The maximum Gasteiger partial charge on any atom is 0.412 e. The molecule has 0 aliphatic heterocycles. The minimum atomic E-state index is -4.85. The number of aromatic nitrogens is 3. The van der Waals surface area contributed by atoms with E-state index < -0.39 is 23.1 Å². The molecule has 10 heteroatoms. The van der Waals surface area contributed by atoms with Gasteiger partial charge in [0.25, 0.3) is 0 Å². The van der Waals surface area contributed by atoms with Gasteiger partial charge in [0.2, 0.25) is 0 Å². The summed E-state index contributed by atoms with van der Waals surface area (Å²) in [5.74, 6) is 0. The van der Waals surface area contributed by atoms with Gasteiger partial charge in [-0.2, -0.15) is 17.5 Å². The van der Waals surface area contributed by atoms with E-state index in [1.165, 1.54) is 17.6 Å². The van der Waals surface area contributed by atoms with Gasteiger partial charge in [0.1, 0.15) is 0 Å². The zero-order valence-corrected chi connectivity index (χ0v) is 17.2. The van der Waals surface area contributed by atoms with E-state index in [2.05, 4.69) is 9.36 Å². The molecular formula is C15H13F3N3O2SY-. The number of aryl methyl sites for hydroxylation is 1. The zero-order valence-electron chi connectivity index (χ0n) is 13.6. The van der Waals surface area contributed by atoms with Gasteiger partial charge < -0.3 is 9.55 Å². The monoisotopic (exact) mass is 445 g/mol. The first-order valence-electron chi connectivity index (χ1n) is 6.80. The second kappa shape index (κ2) is 8.38. The molecule has 2 aromatic heterocycles. The Labute approximate surface area is 170 Å². The first kappa shape index (κ1) is 21.7. The molecule has 0 atom stereocenters. The molecule has 2 heterocycles. The summed E-state index contributed by atoms with van der Waals surface area (Å²) >= 11 is 1.23. The Hall–Kier alpha value is -1.32. The molecule has 0 saturated carbocycles. The number of alkyl halides is 3. The van der Waals surface area contributed by atoms with Gasteiger partial charge in [-0.05, 0) is 61.8 Å². The summed E-state index contributed by atoms with van der Waals surface area (Å²) in [4.78, 5) is 27.7. The van der Waals surface area contributed by atoms with Crippen molar-refractivity contribution in [1.82, 2.24) is 13.9 Å². The Kier molecular flexibility index (Phi) is 7.28. The molecule has 0 aliphatic rings. The average Bonchev–Trinajstić information content (AvgIpc) is 2.86. The summed E-state index contributed by atoms with van der Waals surface area (Å²) in [6, 6.07) is 2.13. The van der Waals surface area contributed by atoms with E-state index in [1.54, 1.807) is 19.9 Å². The van der Waals surface area contributed by atoms with Gasteiger partial charge in [-0.25, -0.2) is 0 Å². The van der Waals surface area contributed by atoms with Crippen molar-refractivity contribution in [3.8, 4) is 0 Å². The fraction of sp³-hybridized carbons (Fsp3) is 0.267. The van der Waals surface area contributed by atoms with E-state index in [1.807, 2.05) is 13.0 Å². The summed E-state index contributed by atoms with van der Waals surface area (Å²) in [7, 11) is 0. The molecule has 0 bridgehead atoms. The van der Waals surface area contributed by atoms with Crippen LogP contribution in [-0.2, 0) is 38.9 Å². The predicted octanol–water partition coefficient (Wildman–Crippen LogP) is 2.91. The molecule has 5 nitrogen and oxygen atoms in total. The summed E-state index contributed by atoms with van der Waals surface area (Å²) < 4.78 is 42.6. The van der Waals surface area contributed by atoms with Crippen molar-refractivity contribution in [3.63, 3.8) is 0 Å². The summed E-state index contributed by atoms with van der Waals surface area (Å²) in [5, 5.41) is 0. The summed E-state index contributed by atoms with van der Waals surface area (Å²) in [6.07, 6.45) is -1.68. The van der Waals surface area contributed by atoms with Crippen LogP contribution in [0.15, 0.2) is 33.4 Å². The van der Waals surface area contributed by atoms with Crippen LogP contribution in [0, 0.1) is 6.92 Å². The topological polar surface area (TPSA) is 66.1 Å². The number of hydrogen-bond acceptors (Lipinski definition) is 4. The minimum Gasteiger partial charge on any atom is -0.396 e. The van der Waals surface area contributed by atoms with Crippen molar-refractivity contribution in [2.24, 2.45) is 0 Å². The molecule has 0 fully saturated rings. The van der Waals surface area contributed by atoms with Crippen molar-refractivity contribution in [2.75, 3.05) is 0 Å².